The van der Waals surface area contributed by atoms with E-state index in [1.807, 2.05) is 5.32 Å². The number of halogens is 3. The summed E-state index contributed by atoms with van der Waals surface area (Å²) in [6.45, 7) is 1.61. The van der Waals surface area contributed by atoms with Crippen molar-refractivity contribution in [2.24, 2.45) is 0 Å². The summed E-state index contributed by atoms with van der Waals surface area (Å²) in [5.41, 5.74) is -2.31. The SMILES string of the molecule is C[C@]1(CS(=O)(=O)N2CCC(Oc3ccc(C(F)(F)F)cc3)CC2)NC(=O)NC1=O. The molecule has 0 unspecified atom stereocenters. The Kier molecular flexibility index (Phi) is 5.52. The Hall–Kier alpha value is -2.34. The van der Waals surface area contributed by atoms with Crippen molar-refractivity contribution < 1.29 is 35.9 Å². The van der Waals surface area contributed by atoms with Crippen LogP contribution in [0.4, 0.5) is 18.0 Å². The van der Waals surface area contributed by atoms with Crippen molar-refractivity contribution in [1.29, 1.82) is 0 Å². The highest BCUT2D eigenvalue weighted by Crippen LogP contribution is 2.31. The molecule has 12 heteroatoms. The van der Waals surface area contributed by atoms with Gasteiger partial charge in [-0.15, -0.1) is 0 Å². The quantitative estimate of drug-likeness (QED) is 0.682. The lowest BCUT2D eigenvalue weighted by Gasteiger charge is -2.33. The highest BCUT2D eigenvalue weighted by Gasteiger charge is 2.47. The van der Waals surface area contributed by atoms with Crippen molar-refractivity contribution >= 4 is 22.0 Å². The number of hydrogen-bond acceptors (Lipinski definition) is 5. The van der Waals surface area contributed by atoms with Gasteiger partial charge in [-0.2, -0.15) is 13.2 Å². The van der Waals surface area contributed by atoms with E-state index in [9.17, 15) is 31.2 Å². The Morgan fingerprint density at radius 3 is 2.24 bits per heavy atom. The first-order valence-corrected chi connectivity index (χ1v) is 10.5. The molecule has 0 aromatic heterocycles. The lowest BCUT2D eigenvalue weighted by Crippen LogP contribution is -2.53. The molecule has 1 aromatic rings. The zero-order valence-corrected chi connectivity index (χ0v) is 16.3. The van der Waals surface area contributed by atoms with E-state index in [1.54, 1.807) is 0 Å². The number of sulfonamides is 1. The molecule has 8 nitrogen and oxygen atoms in total. The van der Waals surface area contributed by atoms with Crippen molar-refractivity contribution in [3.8, 4) is 5.75 Å². The minimum absolute atomic E-state index is 0.138. The van der Waals surface area contributed by atoms with Gasteiger partial charge in [0.05, 0.1) is 11.3 Å². The molecule has 2 fully saturated rings. The maximum atomic E-state index is 12.6. The van der Waals surface area contributed by atoms with E-state index in [4.69, 9.17) is 4.74 Å². The second-order valence-corrected chi connectivity index (χ2v) is 9.20. The van der Waals surface area contributed by atoms with Crippen LogP contribution in [-0.4, -0.2) is 55.1 Å². The van der Waals surface area contributed by atoms with Gasteiger partial charge in [-0.05, 0) is 44.0 Å². The zero-order chi connectivity index (χ0) is 21.4. The Morgan fingerprint density at radius 2 is 1.76 bits per heavy atom. The molecule has 2 aliphatic rings. The molecule has 160 valence electrons. The molecule has 2 N–H and O–H groups in total. The fourth-order valence-corrected chi connectivity index (χ4v) is 5.16. The van der Waals surface area contributed by atoms with E-state index in [0.29, 0.717) is 12.8 Å². The molecule has 2 heterocycles. The van der Waals surface area contributed by atoms with Crippen molar-refractivity contribution in [3.63, 3.8) is 0 Å². The number of nitrogens with one attached hydrogen (secondary N) is 2. The van der Waals surface area contributed by atoms with Gasteiger partial charge in [0.25, 0.3) is 5.91 Å². The lowest BCUT2D eigenvalue weighted by molar-refractivity contribution is -0.137. The topological polar surface area (TPSA) is 105 Å². The Morgan fingerprint density at radius 1 is 1.17 bits per heavy atom. The van der Waals surface area contributed by atoms with Crippen LogP contribution in [-0.2, 0) is 21.0 Å². The van der Waals surface area contributed by atoms with Gasteiger partial charge in [-0.25, -0.2) is 17.5 Å². The third-order valence-corrected chi connectivity index (χ3v) is 6.96. The van der Waals surface area contributed by atoms with Crippen LogP contribution >= 0.6 is 0 Å². The number of carbonyl (C=O) groups is 2. The number of amides is 3. The first-order chi connectivity index (χ1) is 13.4. The number of carbonyl (C=O) groups excluding carboxylic acids is 2. The van der Waals surface area contributed by atoms with Crippen LogP contribution in [0.5, 0.6) is 5.75 Å². The van der Waals surface area contributed by atoms with Crippen LogP contribution in [0.1, 0.15) is 25.3 Å². The molecule has 1 aromatic carbocycles. The summed E-state index contributed by atoms with van der Waals surface area (Å²) < 4.78 is 70.0. The summed E-state index contributed by atoms with van der Waals surface area (Å²) in [6.07, 6.45) is -4.08. The third-order valence-electron chi connectivity index (χ3n) is 4.87. The Balaban J connectivity index is 1.56. The van der Waals surface area contributed by atoms with Crippen LogP contribution in [0.2, 0.25) is 0 Å². The van der Waals surface area contributed by atoms with Gasteiger partial charge in [-0.1, -0.05) is 0 Å². The van der Waals surface area contributed by atoms with Crippen LogP contribution in [0, 0.1) is 0 Å². The number of rotatable bonds is 5. The molecule has 0 spiro atoms. The van der Waals surface area contributed by atoms with Gasteiger partial charge in [-0.3, -0.25) is 10.1 Å². The highest BCUT2D eigenvalue weighted by atomic mass is 32.2. The summed E-state index contributed by atoms with van der Waals surface area (Å²) in [7, 11) is -3.82. The number of urea groups is 1. The molecule has 29 heavy (non-hydrogen) atoms. The second-order valence-electron chi connectivity index (χ2n) is 7.23. The normalized spacial score (nSPS) is 24.3. The van der Waals surface area contributed by atoms with E-state index in [2.05, 4.69) is 5.32 Å². The van der Waals surface area contributed by atoms with Gasteiger partial charge in [0.15, 0.2) is 0 Å². The highest BCUT2D eigenvalue weighted by molar-refractivity contribution is 7.89. The molecule has 2 saturated heterocycles. The predicted octanol–water partition coefficient (Wildman–Crippen LogP) is 1.48. The van der Waals surface area contributed by atoms with Gasteiger partial charge >= 0.3 is 12.2 Å². The number of benzene rings is 1. The summed E-state index contributed by atoms with van der Waals surface area (Å²) in [5, 5.41) is 4.34. The number of imide groups is 1. The average Bonchev–Trinajstić information content (AvgIpc) is 2.86. The number of ether oxygens (including phenoxy) is 1. The van der Waals surface area contributed by atoms with Crippen molar-refractivity contribution in [3.05, 3.63) is 29.8 Å². The maximum Gasteiger partial charge on any atom is 0.416 e. The average molecular weight is 435 g/mol. The first-order valence-electron chi connectivity index (χ1n) is 8.84. The standard InChI is InChI=1S/C17H20F3N3O5S/c1-16(14(24)21-15(25)22-16)10-29(26,27)23-8-6-13(7-9-23)28-12-4-2-11(3-5-12)17(18,19)20/h2-5,13H,6-10H2,1H3,(H2,21,22,24,25)/t16-/m1/s1. The smallest absolute Gasteiger partial charge is 0.416 e. The fraction of sp³-hybridized carbons (Fsp3) is 0.529. The van der Waals surface area contributed by atoms with E-state index < -0.39 is 45.0 Å². The summed E-state index contributed by atoms with van der Waals surface area (Å²) >= 11 is 0. The lowest BCUT2D eigenvalue weighted by atomic mass is 10.1. The zero-order valence-electron chi connectivity index (χ0n) is 15.5. The summed E-state index contributed by atoms with van der Waals surface area (Å²) in [5.74, 6) is -0.995. The van der Waals surface area contributed by atoms with Gasteiger partial charge in [0.2, 0.25) is 10.0 Å². The Bertz CT molecular complexity index is 896. The van der Waals surface area contributed by atoms with Gasteiger partial charge in [0, 0.05) is 13.1 Å². The third kappa shape index (κ3) is 4.81. The molecule has 0 saturated carbocycles. The van der Waals surface area contributed by atoms with Crippen LogP contribution in [0.25, 0.3) is 0 Å². The van der Waals surface area contributed by atoms with Crippen molar-refractivity contribution in [1.82, 2.24) is 14.9 Å². The minimum Gasteiger partial charge on any atom is -0.490 e. The number of nitrogens with zero attached hydrogens (tertiary/aromatic N) is 1. The van der Waals surface area contributed by atoms with Crippen LogP contribution in [0.15, 0.2) is 24.3 Å². The van der Waals surface area contributed by atoms with Gasteiger partial charge in [0.1, 0.15) is 17.4 Å². The van der Waals surface area contributed by atoms with Crippen LogP contribution in [0.3, 0.4) is 0 Å². The number of alkyl halides is 3. The van der Waals surface area contributed by atoms with Gasteiger partial charge < -0.3 is 10.1 Å². The van der Waals surface area contributed by atoms with Crippen LogP contribution < -0.4 is 15.4 Å². The molecule has 2 aliphatic heterocycles. The minimum atomic E-state index is -4.43. The number of piperidine rings is 1. The molecule has 0 bridgehead atoms. The molecule has 3 amide bonds. The monoisotopic (exact) mass is 435 g/mol. The second kappa shape index (κ2) is 7.48. The maximum absolute atomic E-state index is 12.6. The van der Waals surface area contributed by atoms with E-state index in [-0.39, 0.29) is 24.9 Å². The molecule has 0 radical (unpaired) electrons. The summed E-state index contributed by atoms with van der Waals surface area (Å²) in [4.78, 5) is 23.1. The van der Waals surface area contributed by atoms with Crippen molar-refractivity contribution in [2.45, 2.75) is 37.6 Å². The summed E-state index contributed by atoms with van der Waals surface area (Å²) in [6, 6.07) is 3.58. The fourth-order valence-electron chi connectivity index (χ4n) is 3.28. The molecule has 3 rings (SSSR count). The Labute approximate surface area is 165 Å². The molecular weight excluding hydrogens is 415 g/mol. The molecule has 1 atom stereocenters. The molecule has 0 aliphatic carbocycles. The van der Waals surface area contributed by atoms with E-state index in [1.165, 1.54) is 23.4 Å². The first kappa shape index (κ1) is 21.4. The number of hydrogen-bond donors (Lipinski definition) is 2. The molecular formula is C17H20F3N3O5S. The predicted molar refractivity (Wildman–Crippen MR) is 95.5 cm³/mol. The van der Waals surface area contributed by atoms with E-state index in [0.717, 1.165) is 12.1 Å². The largest absolute Gasteiger partial charge is 0.490 e. The van der Waals surface area contributed by atoms with E-state index >= 15 is 0 Å². The van der Waals surface area contributed by atoms with Crippen molar-refractivity contribution in [2.75, 3.05) is 18.8 Å².